The number of benzene rings is 3. The summed E-state index contributed by atoms with van der Waals surface area (Å²) in [7, 11) is 0. The van der Waals surface area contributed by atoms with Crippen molar-refractivity contribution in [3.05, 3.63) is 132 Å². The highest BCUT2D eigenvalue weighted by atomic mass is 32.1. The van der Waals surface area contributed by atoms with Crippen molar-refractivity contribution >= 4 is 21.6 Å². The van der Waals surface area contributed by atoms with E-state index in [1.807, 2.05) is 54.6 Å². The van der Waals surface area contributed by atoms with E-state index in [1.165, 1.54) is 28.0 Å². The SMILES string of the molecule is O=c1[nH]c(-c2ccccc2-c2ccc(Cn3c(=O)n(CCc4ccc(F)cc4)c(=O)c4cc(C5CC5)sc43)cc2)no1. The van der Waals surface area contributed by atoms with Gasteiger partial charge in [-0.1, -0.05) is 65.8 Å². The minimum atomic E-state index is -0.621. The van der Waals surface area contributed by atoms with Gasteiger partial charge >= 0.3 is 11.4 Å². The Balaban J connectivity index is 1.24. The molecule has 10 heteroatoms. The van der Waals surface area contributed by atoms with E-state index in [0.29, 0.717) is 34.9 Å². The van der Waals surface area contributed by atoms with Crippen LogP contribution in [0.5, 0.6) is 0 Å². The van der Waals surface area contributed by atoms with Gasteiger partial charge in [0.2, 0.25) is 0 Å². The standard InChI is InChI=1S/C32H25FN4O4S/c33-23-13-7-19(8-14-23)15-16-36-29(38)26-17-27(22-11-12-22)42-30(26)37(32(36)40)18-20-5-9-21(10-6-20)24-3-1-2-4-25(24)28-34-31(39)41-35-28/h1-10,13-14,17,22H,11-12,15-16,18H2,(H,34,35,39). The maximum absolute atomic E-state index is 13.8. The minimum absolute atomic E-state index is 0.202. The van der Waals surface area contributed by atoms with Crippen LogP contribution in [0, 0.1) is 5.82 Å². The average Bonchev–Trinajstić information content (AvgIpc) is 3.61. The molecule has 0 amide bonds. The molecule has 1 aliphatic rings. The maximum atomic E-state index is 13.8. The van der Waals surface area contributed by atoms with Gasteiger partial charge in [-0.05, 0) is 65.6 Å². The van der Waals surface area contributed by atoms with Gasteiger partial charge in [-0.25, -0.2) is 14.0 Å². The average molecular weight is 581 g/mol. The highest BCUT2D eigenvalue weighted by molar-refractivity contribution is 7.18. The van der Waals surface area contributed by atoms with Crippen LogP contribution in [-0.4, -0.2) is 19.3 Å². The quantitative estimate of drug-likeness (QED) is 0.255. The molecule has 6 aromatic rings. The number of hydrogen-bond donors (Lipinski definition) is 1. The molecule has 0 atom stereocenters. The molecule has 8 nitrogen and oxygen atoms in total. The molecule has 3 aromatic carbocycles. The van der Waals surface area contributed by atoms with Crippen molar-refractivity contribution in [3.8, 4) is 22.5 Å². The van der Waals surface area contributed by atoms with E-state index in [-0.39, 0.29) is 23.6 Å². The van der Waals surface area contributed by atoms with E-state index >= 15 is 0 Å². The monoisotopic (exact) mass is 580 g/mol. The second kappa shape index (κ2) is 10.5. The van der Waals surface area contributed by atoms with Crippen molar-refractivity contribution in [1.29, 1.82) is 0 Å². The van der Waals surface area contributed by atoms with Crippen LogP contribution in [0.15, 0.2) is 97.8 Å². The Bertz CT molecular complexity index is 2100. The zero-order valence-corrected chi connectivity index (χ0v) is 23.2. The number of fused-ring (bicyclic) bond motifs is 1. The van der Waals surface area contributed by atoms with Crippen molar-refractivity contribution in [1.82, 2.24) is 19.3 Å². The minimum Gasteiger partial charge on any atom is -0.296 e. The first-order chi connectivity index (χ1) is 20.4. The summed E-state index contributed by atoms with van der Waals surface area (Å²) in [5.41, 5.74) is 3.62. The molecule has 7 rings (SSSR count). The molecule has 1 saturated carbocycles. The fourth-order valence-corrected chi connectivity index (χ4v) is 6.59. The summed E-state index contributed by atoms with van der Waals surface area (Å²) in [5.74, 6) is -0.143. The maximum Gasteiger partial charge on any atom is 0.439 e. The molecule has 0 aliphatic heterocycles. The second-order valence-corrected chi connectivity index (χ2v) is 11.6. The molecular weight excluding hydrogens is 555 g/mol. The highest BCUT2D eigenvalue weighted by Crippen LogP contribution is 2.44. The van der Waals surface area contributed by atoms with Gasteiger partial charge in [-0.3, -0.25) is 23.4 Å². The Kier molecular flexibility index (Phi) is 6.54. The number of halogens is 1. The Morgan fingerprint density at radius 1 is 0.905 bits per heavy atom. The Morgan fingerprint density at radius 2 is 1.62 bits per heavy atom. The van der Waals surface area contributed by atoms with Crippen LogP contribution in [0.25, 0.3) is 32.7 Å². The topological polar surface area (TPSA) is 103 Å². The van der Waals surface area contributed by atoms with Gasteiger partial charge < -0.3 is 0 Å². The lowest BCUT2D eigenvalue weighted by atomic mass is 9.98. The zero-order chi connectivity index (χ0) is 28.8. The van der Waals surface area contributed by atoms with Crippen LogP contribution in [0.2, 0.25) is 0 Å². The third-order valence-corrected chi connectivity index (χ3v) is 8.98. The van der Waals surface area contributed by atoms with Crippen LogP contribution < -0.4 is 17.0 Å². The summed E-state index contributed by atoms with van der Waals surface area (Å²) in [6.07, 6.45) is 2.63. The fraction of sp³-hybridized carbons (Fsp3) is 0.188. The van der Waals surface area contributed by atoms with Crippen molar-refractivity contribution in [3.63, 3.8) is 0 Å². The van der Waals surface area contributed by atoms with Crippen molar-refractivity contribution in [2.24, 2.45) is 0 Å². The van der Waals surface area contributed by atoms with Crippen molar-refractivity contribution in [2.75, 3.05) is 0 Å². The lowest BCUT2D eigenvalue weighted by molar-refractivity contribution is 0.388. The summed E-state index contributed by atoms with van der Waals surface area (Å²) in [6.45, 7) is 0.503. The van der Waals surface area contributed by atoms with E-state index in [2.05, 4.69) is 10.1 Å². The highest BCUT2D eigenvalue weighted by Gasteiger charge is 2.27. The predicted octanol–water partition coefficient (Wildman–Crippen LogP) is 5.54. The second-order valence-electron chi connectivity index (χ2n) is 10.5. The molecule has 42 heavy (non-hydrogen) atoms. The number of aromatic nitrogens is 4. The van der Waals surface area contributed by atoms with Crippen LogP contribution in [0.3, 0.4) is 0 Å². The first-order valence-electron chi connectivity index (χ1n) is 13.7. The Hall–Kier alpha value is -4.83. The van der Waals surface area contributed by atoms with Gasteiger partial charge in [-0.2, -0.15) is 0 Å². The summed E-state index contributed by atoms with van der Waals surface area (Å²) in [6, 6.07) is 23.5. The summed E-state index contributed by atoms with van der Waals surface area (Å²) in [5, 5.41) is 4.39. The van der Waals surface area contributed by atoms with Gasteiger partial charge in [-0.15, -0.1) is 11.3 Å². The van der Waals surface area contributed by atoms with Crippen molar-refractivity contribution in [2.45, 2.75) is 38.3 Å². The summed E-state index contributed by atoms with van der Waals surface area (Å²) >= 11 is 1.53. The van der Waals surface area contributed by atoms with E-state index in [4.69, 9.17) is 4.52 Å². The molecule has 0 spiro atoms. The molecular formula is C32H25FN4O4S. The van der Waals surface area contributed by atoms with Gasteiger partial charge in [0, 0.05) is 17.0 Å². The molecule has 0 bridgehead atoms. The number of thiophene rings is 1. The largest absolute Gasteiger partial charge is 0.439 e. The van der Waals surface area contributed by atoms with Gasteiger partial charge in [0.1, 0.15) is 10.6 Å². The molecule has 0 saturated heterocycles. The molecule has 0 radical (unpaired) electrons. The first kappa shape index (κ1) is 26.1. The zero-order valence-electron chi connectivity index (χ0n) is 22.4. The predicted molar refractivity (Wildman–Crippen MR) is 160 cm³/mol. The third kappa shape index (κ3) is 4.94. The van der Waals surface area contributed by atoms with Crippen LogP contribution in [0.1, 0.15) is 34.8 Å². The number of rotatable bonds is 8. The number of aryl methyl sites for hydroxylation is 1. The molecule has 210 valence electrons. The lowest BCUT2D eigenvalue weighted by Gasteiger charge is -2.13. The molecule has 3 aromatic heterocycles. The number of hydrogen-bond acceptors (Lipinski definition) is 6. The molecule has 0 unspecified atom stereocenters. The van der Waals surface area contributed by atoms with Crippen molar-refractivity contribution < 1.29 is 8.91 Å². The Morgan fingerprint density at radius 3 is 2.31 bits per heavy atom. The van der Waals surface area contributed by atoms with Crippen LogP contribution in [-0.2, 0) is 19.5 Å². The van der Waals surface area contributed by atoms with Gasteiger partial charge in [0.25, 0.3) is 5.56 Å². The fourth-order valence-electron chi connectivity index (χ4n) is 5.28. The number of nitrogens with zero attached hydrogens (tertiary/aromatic N) is 3. The number of aromatic amines is 1. The Labute approximate surface area is 242 Å². The van der Waals surface area contributed by atoms with Crippen LogP contribution in [0.4, 0.5) is 4.39 Å². The van der Waals surface area contributed by atoms with E-state index in [0.717, 1.165) is 45.5 Å². The lowest BCUT2D eigenvalue weighted by Crippen LogP contribution is -2.40. The third-order valence-electron chi connectivity index (χ3n) is 7.66. The molecule has 3 heterocycles. The first-order valence-corrected chi connectivity index (χ1v) is 14.5. The van der Waals surface area contributed by atoms with E-state index in [9.17, 15) is 18.8 Å². The summed E-state index contributed by atoms with van der Waals surface area (Å²) < 4.78 is 21.1. The van der Waals surface area contributed by atoms with E-state index < -0.39 is 5.76 Å². The molecule has 1 aliphatic carbocycles. The molecule has 1 fully saturated rings. The van der Waals surface area contributed by atoms with Gasteiger partial charge in [0.15, 0.2) is 5.82 Å². The van der Waals surface area contributed by atoms with Crippen LogP contribution >= 0.6 is 11.3 Å². The van der Waals surface area contributed by atoms with E-state index in [1.54, 1.807) is 16.7 Å². The number of nitrogens with one attached hydrogen (secondary N) is 1. The molecule has 1 N–H and O–H groups in total. The number of H-pyrrole nitrogens is 1. The normalized spacial score (nSPS) is 13.2. The smallest absolute Gasteiger partial charge is 0.296 e. The summed E-state index contributed by atoms with van der Waals surface area (Å²) in [4.78, 5) is 43.2. The van der Waals surface area contributed by atoms with Gasteiger partial charge in [0.05, 0.1) is 11.9 Å².